The second-order valence-corrected chi connectivity index (χ2v) is 27.7. The van der Waals surface area contributed by atoms with Crippen LogP contribution in [-0.2, 0) is 0 Å². The summed E-state index contributed by atoms with van der Waals surface area (Å²) >= 11 is -3.87. The van der Waals surface area contributed by atoms with Crippen LogP contribution in [0.5, 0.6) is 0 Å². The van der Waals surface area contributed by atoms with E-state index in [0.29, 0.717) is 0 Å². The zero-order valence-corrected chi connectivity index (χ0v) is 37.9. The Bertz CT molecular complexity index is 3750. The number of nitrogens with zero attached hydrogens (tertiary/aromatic N) is 3. The van der Waals surface area contributed by atoms with Crippen molar-refractivity contribution in [3.8, 4) is 17.1 Å². The van der Waals surface area contributed by atoms with Crippen LogP contribution >= 0.6 is 0 Å². The summed E-state index contributed by atoms with van der Waals surface area (Å²) in [5, 5.41) is 7.49. The Labute approximate surface area is 375 Å². The zero-order valence-electron chi connectivity index (χ0n) is 35.0. The van der Waals surface area contributed by atoms with E-state index in [1.54, 1.807) is 0 Å². The second-order valence-electron chi connectivity index (χ2n) is 16.9. The number of hydrogen-bond acceptors (Lipinski definition) is 0. The van der Waals surface area contributed by atoms with Crippen molar-refractivity contribution < 1.29 is 0 Å². The van der Waals surface area contributed by atoms with E-state index in [2.05, 4.69) is 262 Å². The Balaban J connectivity index is 1.01. The van der Waals surface area contributed by atoms with Crippen molar-refractivity contribution in [1.29, 1.82) is 0 Å². The third kappa shape index (κ3) is 5.47. The Kier molecular flexibility index (Phi) is 8.53. The van der Waals surface area contributed by atoms with Crippen LogP contribution in [0, 0.1) is 0 Å². The molecule has 0 bridgehead atoms. The van der Waals surface area contributed by atoms with Gasteiger partial charge in [0.2, 0.25) is 0 Å². The average molecular weight is 923 g/mol. The number of rotatable bonds is 7. The molecule has 3 aromatic heterocycles. The molecule has 0 radical (unpaired) electrons. The van der Waals surface area contributed by atoms with E-state index in [4.69, 9.17) is 0 Å². The second kappa shape index (κ2) is 14.8. The molecule has 0 saturated heterocycles. The van der Waals surface area contributed by atoms with E-state index < -0.39 is 18.4 Å². The number of para-hydroxylation sites is 4. The van der Waals surface area contributed by atoms with Gasteiger partial charge in [-0.15, -0.1) is 0 Å². The molecule has 3 nitrogen and oxygen atoms in total. The van der Waals surface area contributed by atoms with Crippen LogP contribution in [0.1, 0.15) is 0 Å². The molecule has 300 valence electrons. The van der Waals surface area contributed by atoms with E-state index in [1.807, 2.05) is 0 Å². The molecule has 0 N–H and O–H groups in total. The fraction of sp³-hybridized carbons (Fsp3) is 0. The molecular weight excluding hydrogens is 881 g/mol. The van der Waals surface area contributed by atoms with Gasteiger partial charge in [-0.1, -0.05) is 42.5 Å². The number of fused-ring (bicyclic) bond motifs is 9. The van der Waals surface area contributed by atoms with Gasteiger partial charge in [0.05, 0.1) is 11.0 Å². The molecule has 13 aromatic rings. The van der Waals surface area contributed by atoms with Crippen molar-refractivity contribution >= 4 is 98.1 Å². The van der Waals surface area contributed by atoms with Gasteiger partial charge in [-0.25, -0.2) is 0 Å². The van der Waals surface area contributed by atoms with Gasteiger partial charge < -0.3 is 4.57 Å². The molecule has 3 heterocycles. The van der Waals surface area contributed by atoms with Gasteiger partial charge in [-0.3, -0.25) is 0 Å². The Morgan fingerprint density at radius 2 is 0.500 bits per heavy atom. The molecule has 0 amide bonds. The summed E-state index contributed by atoms with van der Waals surface area (Å²) in [6.45, 7) is 0. The van der Waals surface area contributed by atoms with Gasteiger partial charge in [0.1, 0.15) is 0 Å². The van der Waals surface area contributed by atoms with Crippen LogP contribution in [0.3, 0.4) is 0 Å². The third-order valence-corrected chi connectivity index (χ3v) is 27.2. The monoisotopic (exact) mass is 923 g/mol. The standard InChI is InChI=1S/C42H26N3.3C6H5.Sn/c1-2-12-28(13-3-1)43-39-20-10-6-16-33(39)35-27-30(22-24-41(35)43)45-40-21-11-7-17-34(40)36-26-29(23-25-42(36)45)44-37-18-8-4-14-31(37)32-15-5-9-19-38(32)44;3*1-2-4-6-5-3-1;/h1-2,4-27H;3*1-5H;. The minimum absolute atomic E-state index is 1.15. The first kappa shape index (κ1) is 37.0. The van der Waals surface area contributed by atoms with Gasteiger partial charge in [0, 0.05) is 16.5 Å². The van der Waals surface area contributed by atoms with Crippen LogP contribution in [-0.4, -0.2) is 32.1 Å². The Morgan fingerprint density at radius 1 is 0.203 bits per heavy atom. The quantitative estimate of drug-likeness (QED) is 0.142. The third-order valence-electron chi connectivity index (χ3n) is 13.6. The molecule has 0 atom stereocenters. The Morgan fingerprint density at radius 3 is 0.891 bits per heavy atom. The molecule has 0 aliphatic heterocycles. The van der Waals surface area contributed by atoms with Crippen molar-refractivity contribution in [3.63, 3.8) is 0 Å². The molecular formula is C60H41N3Sn. The predicted molar refractivity (Wildman–Crippen MR) is 273 cm³/mol. The van der Waals surface area contributed by atoms with Crippen LogP contribution in [0.15, 0.2) is 249 Å². The maximum absolute atomic E-state index is 3.87. The van der Waals surface area contributed by atoms with Crippen LogP contribution in [0.2, 0.25) is 0 Å². The molecule has 0 saturated carbocycles. The fourth-order valence-electron chi connectivity index (χ4n) is 10.9. The topological polar surface area (TPSA) is 14.8 Å². The Hall–Kier alpha value is -7.60. The van der Waals surface area contributed by atoms with Gasteiger partial charge in [-0.2, -0.15) is 0 Å². The van der Waals surface area contributed by atoms with Gasteiger partial charge in [0.15, 0.2) is 0 Å². The summed E-state index contributed by atoms with van der Waals surface area (Å²) in [5.41, 5.74) is 10.7. The van der Waals surface area contributed by atoms with Crippen molar-refractivity contribution in [1.82, 2.24) is 13.7 Å². The molecule has 0 fully saturated rings. The minimum atomic E-state index is -3.87. The molecule has 0 spiro atoms. The van der Waals surface area contributed by atoms with Gasteiger partial charge in [-0.05, 0) is 12.1 Å². The summed E-state index contributed by atoms with van der Waals surface area (Å²) in [6, 6.07) is 92.7. The molecule has 10 aromatic carbocycles. The van der Waals surface area contributed by atoms with Crippen LogP contribution in [0.4, 0.5) is 0 Å². The van der Waals surface area contributed by atoms with E-state index in [0.717, 1.165) is 11.4 Å². The van der Waals surface area contributed by atoms with E-state index in [9.17, 15) is 0 Å². The van der Waals surface area contributed by atoms with Crippen molar-refractivity contribution in [2.45, 2.75) is 0 Å². The molecule has 0 unspecified atom stereocenters. The summed E-state index contributed by atoms with van der Waals surface area (Å²) in [5.74, 6) is 0. The van der Waals surface area contributed by atoms with E-state index >= 15 is 0 Å². The molecule has 64 heavy (non-hydrogen) atoms. The summed E-state index contributed by atoms with van der Waals surface area (Å²) in [4.78, 5) is 0. The number of benzene rings is 10. The van der Waals surface area contributed by atoms with Crippen molar-refractivity contribution in [3.05, 3.63) is 249 Å². The summed E-state index contributed by atoms with van der Waals surface area (Å²) in [6.07, 6.45) is 0. The fourth-order valence-corrected chi connectivity index (χ4v) is 24.6. The molecule has 4 heteroatoms. The zero-order chi connectivity index (χ0) is 42.2. The van der Waals surface area contributed by atoms with Crippen molar-refractivity contribution in [2.75, 3.05) is 0 Å². The number of aromatic nitrogens is 3. The van der Waals surface area contributed by atoms with E-state index in [-0.39, 0.29) is 0 Å². The first-order valence-electron chi connectivity index (χ1n) is 22.1. The normalized spacial score (nSPS) is 12.1. The maximum atomic E-state index is 2.50. The van der Waals surface area contributed by atoms with Crippen molar-refractivity contribution in [2.24, 2.45) is 0 Å². The average Bonchev–Trinajstić information content (AvgIpc) is 4.01. The van der Waals surface area contributed by atoms with Crippen LogP contribution in [0.25, 0.3) is 82.5 Å². The first-order valence-corrected chi connectivity index (χ1v) is 27.8. The number of hydrogen-bond donors (Lipinski definition) is 0. The van der Waals surface area contributed by atoms with E-state index in [1.165, 1.54) is 85.4 Å². The van der Waals surface area contributed by atoms with Crippen LogP contribution < -0.4 is 14.3 Å². The van der Waals surface area contributed by atoms with Gasteiger partial charge >= 0.3 is 291 Å². The predicted octanol–water partition coefficient (Wildman–Crippen LogP) is 12.4. The van der Waals surface area contributed by atoms with Gasteiger partial charge in [0.25, 0.3) is 0 Å². The molecule has 13 rings (SSSR count). The summed E-state index contributed by atoms with van der Waals surface area (Å²) < 4.78 is 13.1. The molecule has 0 aliphatic carbocycles. The first-order chi connectivity index (χ1) is 31.8. The molecule has 0 aliphatic rings. The SMILES string of the molecule is c1cc[c]([Sn]([c]2ccccc2)([c]2ccccc2)[c]2cccc(-n3c4ccccc4c4cc(-n5c6ccccc6c6cc(-n7c8ccccc8c8ccccc87)ccc65)ccc43)c2)cc1. The summed E-state index contributed by atoms with van der Waals surface area (Å²) in [7, 11) is 0.